The van der Waals surface area contributed by atoms with Gasteiger partial charge in [-0.25, -0.2) is 0 Å². The number of nitrogens with zero attached hydrogens (tertiary/aromatic N) is 2. The summed E-state index contributed by atoms with van der Waals surface area (Å²) < 4.78 is 35.0. The molecular formula is C21H28F2N4O2. The first kappa shape index (κ1) is 22.3. The molecule has 2 aromatic carbocycles. The summed E-state index contributed by atoms with van der Waals surface area (Å²) in [6.07, 6.45) is 0.827. The van der Waals surface area contributed by atoms with Crippen LogP contribution < -0.4 is 25.0 Å². The SMILES string of the molecule is CN=C(NCCc1ccc(N(C)C)cc1)NCc1cc(OC)ccc1OC(F)F. The van der Waals surface area contributed by atoms with Gasteiger partial charge >= 0.3 is 6.61 Å². The standard InChI is InChI=1S/C21H28F2N4O2/c1-24-21(25-12-11-15-5-7-17(8-6-15)27(2)3)26-14-16-13-18(28-4)9-10-19(16)29-20(22)23/h5-10,13,20H,11-12,14H2,1-4H3,(H2,24,25,26). The lowest BCUT2D eigenvalue weighted by Crippen LogP contribution is -2.38. The van der Waals surface area contributed by atoms with E-state index in [0.29, 0.717) is 23.8 Å². The molecule has 0 aliphatic heterocycles. The molecule has 158 valence electrons. The van der Waals surface area contributed by atoms with E-state index in [2.05, 4.69) is 49.5 Å². The summed E-state index contributed by atoms with van der Waals surface area (Å²) in [5, 5.41) is 6.34. The highest BCUT2D eigenvalue weighted by Crippen LogP contribution is 2.25. The molecule has 0 heterocycles. The van der Waals surface area contributed by atoms with Gasteiger partial charge in [0.25, 0.3) is 0 Å². The monoisotopic (exact) mass is 406 g/mol. The van der Waals surface area contributed by atoms with Crippen molar-refractivity contribution in [1.82, 2.24) is 10.6 Å². The van der Waals surface area contributed by atoms with Crippen LogP contribution in [-0.2, 0) is 13.0 Å². The van der Waals surface area contributed by atoms with Gasteiger partial charge in [0.1, 0.15) is 11.5 Å². The fourth-order valence-electron chi connectivity index (χ4n) is 2.72. The van der Waals surface area contributed by atoms with Crippen LogP contribution in [0.15, 0.2) is 47.5 Å². The number of guanidine groups is 1. The second-order valence-corrected chi connectivity index (χ2v) is 6.52. The second kappa shape index (κ2) is 11.1. The van der Waals surface area contributed by atoms with Gasteiger partial charge in [-0.3, -0.25) is 4.99 Å². The minimum Gasteiger partial charge on any atom is -0.497 e. The topological polar surface area (TPSA) is 58.1 Å². The molecule has 0 aliphatic rings. The number of halogens is 2. The molecule has 0 spiro atoms. The molecule has 0 aliphatic carbocycles. The predicted octanol–water partition coefficient (Wildman–Crippen LogP) is 3.27. The maximum Gasteiger partial charge on any atom is 0.387 e. The van der Waals surface area contributed by atoms with Crippen molar-refractivity contribution in [2.75, 3.05) is 39.7 Å². The fraction of sp³-hybridized carbons (Fsp3) is 0.381. The Hall–Kier alpha value is -3.03. The second-order valence-electron chi connectivity index (χ2n) is 6.52. The molecule has 0 atom stereocenters. The van der Waals surface area contributed by atoms with Crippen molar-refractivity contribution >= 4 is 11.6 Å². The number of aliphatic imine (C=N–C) groups is 1. The highest BCUT2D eigenvalue weighted by molar-refractivity contribution is 5.79. The Kier molecular flexibility index (Phi) is 8.51. The highest BCUT2D eigenvalue weighted by atomic mass is 19.3. The van der Waals surface area contributed by atoms with Crippen LogP contribution in [0.5, 0.6) is 11.5 Å². The fourth-order valence-corrected chi connectivity index (χ4v) is 2.72. The molecule has 0 aromatic heterocycles. The van der Waals surface area contributed by atoms with E-state index in [9.17, 15) is 8.78 Å². The molecule has 2 N–H and O–H groups in total. The van der Waals surface area contributed by atoms with E-state index in [1.54, 1.807) is 19.2 Å². The summed E-state index contributed by atoms with van der Waals surface area (Å²) in [6, 6.07) is 13.1. The Morgan fingerprint density at radius 2 is 1.83 bits per heavy atom. The molecule has 0 fully saturated rings. The first-order chi connectivity index (χ1) is 13.9. The Bertz CT molecular complexity index is 796. The van der Waals surface area contributed by atoms with Crippen molar-refractivity contribution in [2.45, 2.75) is 19.6 Å². The summed E-state index contributed by atoms with van der Waals surface area (Å²) in [7, 11) is 7.19. The Balaban J connectivity index is 1.90. The van der Waals surface area contributed by atoms with Crippen molar-refractivity contribution in [3.8, 4) is 11.5 Å². The largest absolute Gasteiger partial charge is 0.497 e. The van der Waals surface area contributed by atoms with Gasteiger partial charge in [-0.05, 0) is 42.3 Å². The van der Waals surface area contributed by atoms with Gasteiger partial charge in [0.15, 0.2) is 5.96 Å². The zero-order valence-electron chi connectivity index (χ0n) is 17.2. The first-order valence-electron chi connectivity index (χ1n) is 9.25. The third kappa shape index (κ3) is 7.14. The van der Waals surface area contributed by atoms with Crippen LogP contribution in [0.4, 0.5) is 14.5 Å². The van der Waals surface area contributed by atoms with E-state index in [4.69, 9.17) is 4.74 Å². The van der Waals surface area contributed by atoms with Gasteiger partial charge in [0.05, 0.1) is 7.11 Å². The number of alkyl halides is 2. The van der Waals surface area contributed by atoms with Gasteiger partial charge in [0, 0.05) is 45.5 Å². The molecule has 6 nitrogen and oxygen atoms in total. The predicted molar refractivity (Wildman–Crippen MR) is 112 cm³/mol. The Labute approximate surface area is 170 Å². The third-order valence-corrected chi connectivity index (χ3v) is 4.31. The Morgan fingerprint density at radius 3 is 2.41 bits per heavy atom. The minimum absolute atomic E-state index is 0.102. The summed E-state index contributed by atoms with van der Waals surface area (Å²) >= 11 is 0. The van der Waals surface area contributed by atoms with Crippen LogP contribution in [-0.4, -0.2) is 47.4 Å². The van der Waals surface area contributed by atoms with Gasteiger partial charge in [-0.15, -0.1) is 0 Å². The van der Waals surface area contributed by atoms with Crippen molar-refractivity contribution < 1.29 is 18.3 Å². The number of ether oxygens (including phenoxy) is 2. The van der Waals surface area contributed by atoms with Crippen LogP contribution >= 0.6 is 0 Å². The summed E-state index contributed by atoms with van der Waals surface area (Å²) in [5.74, 6) is 1.23. The number of anilines is 1. The highest BCUT2D eigenvalue weighted by Gasteiger charge is 2.11. The van der Waals surface area contributed by atoms with Crippen LogP contribution in [0.2, 0.25) is 0 Å². The van der Waals surface area contributed by atoms with Crippen molar-refractivity contribution in [3.05, 3.63) is 53.6 Å². The third-order valence-electron chi connectivity index (χ3n) is 4.31. The van der Waals surface area contributed by atoms with E-state index in [1.807, 2.05) is 14.1 Å². The van der Waals surface area contributed by atoms with E-state index in [0.717, 1.165) is 12.1 Å². The van der Waals surface area contributed by atoms with E-state index < -0.39 is 6.61 Å². The number of methoxy groups -OCH3 is 1. The molecule has 0 saturated heterocycles. The zero-order chi connectivity index (χ0) is 21.2. The summed E-state index contributed by atoms with van der Waals surface area (Å²) in [4.78, 5) is 6.23. The smallest absolute Gasteiger partial charge is 0.387 e. The number of hydrogen-bond donors (Lipinski definition) is 2. The molecule has 0 saturated carbocycles. The summed E-state index contributed by atoms with van der Waals surface area (Å²) in [5.41, 5.74) is 2.91. The molecular weight excluding hydrogens is 378 g/mol. The summed E-state index contributed by atoms with van der Waals surface area (Å²) in [6.45, 7) is -1.95. The normalized spacial score (nSPS) is 11.3. The molecule has 29 heavy (non-hydrogen) atoms. The van der Waals surface area contributed by atoms with E-state index in [-0.39, 0.29) is 12.3 Å². The van der Waals surface area contributed by atoms with E-state index >= 15 is 0 Å². The maximum atomic E-state index is 12.6. The van der Waals surface area contributed by atoms with Crippen molar-refractivity contribution in [3.63, 3.8) is 0 Å². The molecule has 8 heteroatoms. The molecule has 0 radical (unpaired) electrons. The lowest BCUT2D eigenvalue weighted by atomic mass is 10.1. The minimum atomic E-state index is -2.89. The van der Waals surface area contributed by atoms with Gasteiger partial charge in [-0.2, -0.15) is 8.78 Å². The first-order valence-corrected chi connectivity index (χ1v) is 9.25. The lowest BCUT2D eigenvalue weighted by molar-refractivity contribution is -0.0504. The number of rotatable bonds is 9. The van der Waals surface area contributed by atoms with Crippen LogP contribution in [0.3, 0.4) is 0 Å². The molecule has 0 bridgehead atoms. The number of nitrogens with one attached hydrogen (secondary N) is 2. The maximum absolute atomic E-state index is 12.6. The number of benzene rings is 2. The Morgan fingerprint density at radius 1 is 1.10 bits per heavy atom. The van der Waals surface area contributed by atoms with Crippen LogP contribution in [0.1, 0.15) is 11.1 Å². The van der Waals surface area contributed by atoms with Gasteiger partial charge in [0.2, 0.25) is 0 Å². The van der Waals surface area contributed by atoms with Gasteiger partial charge in [-0.1, -0.05) is 12.1 Å². The van der Waals surface area contributed by atoms with E-state index in [1.165, 1.54) is 18.7 Å². The van der Waals surface area contributed by atoms with Crippen molar-refractivity contribution in [1.29, 1.82) is 0 Å². The molecule has 2 aromatic rings. The molecule has 0 unspecified atom stereocenters. The zero-order valence-corrected chi connectivity index (χ0v) is 17.2. The average Bonchev–Trinajstić information content (AvgIpc) is 2.71. The van der Waals surface area contributed by atoms with Crippen LogP contribution in [0, 0.1) is 0 Å². The lowest BCUT2D eigenvalue weighted by Gasteiger charge is -2.16. The molecule has 0 amide bonds. The average molecular weight is 406 g/mol. The number of hydrogen-bond acceptors (Lipinski definition) is 4. The van der Waals surface area contributed by atoms with Crippen LogP contribution in [0.25, 0.3) is 0 Å². The quantitative estimate of drug-likeness (QED) is 0.495. The molecule has 2 rings (SSSR count). The van der Waals surface area contributed by atoms with Crippen molar-refractivity contribution in [2.24, 2.45) is 4.99 Å². The van der Waals surface area contributed by atoms with Gasteiger partial charge < -0.3 is 25.0 Å².